The van der Waals surface area contributed by atoms with Gasteiger partial charge in [-0.1, -0.05) is 12.1 Å². The first-order valence-electron chi connectivity index (χ1n) is 13.9. The molecule has 0 radical (unpaired) electrons. The highest BCUT2D eigenvalue weighted by atomic mass is 16.2. The first-order chi connectivity index (χ1) is 21.3. The van der Waals surface area contributed by atoms with Crippen LogP contribution in [0.3, 0.4) is 0 Å². The molecular formula is C30H24N10O4. The maximum absolute atomic E-state index is 13.8. The van der Waals surface area contributed by atoms with Gasteiger partial charge < -0.3 is 9.13 Å². The van der Waals surface area contributed by atoms with Gasteiger partial charge in [-0.3, -0.25) is 23.7 Å². The molecule has 3 aromatic rings. The summed E-state index contributed by atoms with van der Waals surface area (Å²) in [5.41, 5.74) is 1.33. The van der Waals surface area contributed by atoms with Gasteiger partial charge in [-0.15, -0.1) is 0 Å². The van der Waals surface area contributed by atoms with Gasteiger partial charge in [0.25, 0.3) is 11.1 Å². The molecule has 0 bridgehead atoms. The number of fused-ring (bicyclic) bond motifs is 4. The molecule has 44 heavy (non-hydrogen) atoms. The summed E-state index contributed by atoms with van der Waals surface area (Å²) in [6.45, 7) is 4.38. The number of nitrogens with zero attached hydrogens (tertiary/aromatic N) is 10. The van der Waals surface area contributed by atoms with E-state index < -0.39 is 22.5 Å². The lowest BCUT2D eigenvalue weighted by atomic mass is 10.2. The summed E-state index contributed by atoms with van der Waals surface area (Å²) >= 11 is 0. The molecule has 0 saturated heterocycles. The molecule has 0 spiro atoms. The Morgan fingerprint density at radius 2 is 1.25 bits per heavy atom. The Hall–Kier alpha value is -5.92. The summed E-state index contributed by atoms with van der Waals surface area (Å²) in [5, 5.41) is 0. The van der Waals surface area contributed by atoms with E-state index in [0.29, 0.717) is 52.2 Å². The Bertz CT molecular complexity index is 2440. The number of pyridine rings is 2. The van der Waals surface area contributed by atoms with E-state index in [1.807, 2.05) is 26.0 Å². The van der Waals surface area contributed by atoms with Crippen molar-refractivity contribution in [1.29, 1.82) is 0 Å². The van der Waals surface area contributed by atoms with Crippen molar-refractivity contribution in [3.8, 4) is 34.4 Å². The van der Waals surface area contributed by atoms with Crippen LogP contribution in [0.1, 0.15) is 19.5 Å². The minimum atomic E-state index is -0.729. The molecule has 0 fully saturated rings. The third-order valence-electron chi connectivity index (χ3n) is 7.62. The van der Waals surface area contributed by atoms with Crippen molar-refractivity contribution < 1.29 is 0 Å². The SMILES string of the molecule is CCn1c2nc(=O)n(C)c(=O)c-2nc2cc3c(cc21)nc1c(=O)n(Cc2cccc(-c4ccccn4)n2)c(=O)nc-1n3CC. The maximum atomic E-state index is 13.8. The van der Waals surface area contributed by atoms with Crippen LogP contribution in [0.5, 0.6) is 0 Å². The zero-order valence-corrected chi connectivity index (χ0v) is 23.9. The number of benzene rings is 1. The predicted octanol–water partition coefficient (Wildman–Crippen LogP) is 1.51. The normalized spacial score (nSPS) is 11.7. The average Bonchev–Trinajstić information content (AvgIpc) is 3.04. The summed E-state index contributed by atoms with van der Waals surface area (Å²) in [6.07, 6.45) is 1.67. The second kappa shape index (κ2) is 10.1. The summed E-state index contributed by atoms with van der Waals surface area (Å²) < 4.78 is 5.38. The highest BCUT2D eigenvalue weighted by molar-refractivity contribution is 5.94. The Kier molecular flexibility index (Phi) is 6.19. The van der Waals surface area contributed by atoms with Crippen molar-refractivity contribution in [3.63, 3.8) is 0 Å². The second-order valence-corrected chi connectivity index (χ2v) is 10.2. The lowest BCUT2D eigenvalue weighted by Crippen LogP contribution is -2.39. The van der Waals surface area contributed by atoms with Crippen LogP contribution in [0.25, 0.3) is 56.5 Å². The lowest BCUT2D eigenvalue weighted by molar-refractivity contribution is 0.664. The van der Waals surface area contributed by atoms with Crippen LogP contribution in [0.2, 0.25) is 0 Å². The number of aryl methyl sites for hydroxylation is 2. The van der Waals surface area contributed by atoms with E-state index >= 15 is 0 Å². The number of aromatic nitrogens is 10. The van der Waals surface area contributed by atoms with Crippen LogP contribution in [-0.2, 0) is 26.7 Å². The van der Waals surface area contributed by atoms with Crippen LogP contribution < -0.4 is 22.5 Å². The fourth-order valence-electron chi connectivity index (χ4n) is 5.45. The van der Waals surface area contributed by atoms with E-state index in [-0.39, 0.29) is 29.6 Å². The molecule has 0 N–H and O–H groups in total. The Labute approximate surface area is 247 Å². The standard InChI is InChI=1S/C30H24N10O4/c1-4-38-21-14-20-22(13-19(21)33-23-25(38)35-29(43)37(3)27(23)41)39(5-2)26-24(34-20)28(42)40(30(44)36-26)15-16-9-8-11-18(32-16)17-10-6-7-12-31-17/h6-14H,4-5,15H2,1-3H3. The molecule has 4 aliphatic heterocycles. The van der Waals surface area contributed by atoms with Crippen molar-refractivity contribution in [2.75, 3.05) is 0 Å². The summed E-state index contributed by atoms with van der Waals surface area (Å²) in [4.78, 5) is 78.8. The zero-order chi connectivity index (χ0) is 30.7. The molecule has 0 atom stereocenters. The minimum absolute atomic E-state index is 0.0183. The van der Waals surface area contributed by atoms with Crippen molar-refractivity contribution >= 4 is 22.1 Å². The molecule has 6 heterocycles. The molecule has 7 rings (SSSR count). The molecule has 14 heteroatoms. The van der Waals surface area contributed by atoms with Gasteiger partial charge in [-0.25, -0.2) is 24.5 Å². The summed E-state index contributed by atoms with van der Waals surface area (Å²) in [6, 6.07) is 14.3. The predicted molar refractivity (Wildman–Crippen MR) is 162 cm³/mol. The van der Waals surface area contributed by atoms with Crippen molar-refractivity contribution in [2.45, 2.75) is 33.5 Å². The molecule has 218 valence electrons. The minimum Gasteiger partial charge on any atom is -0.323 e. The molecule has 0 amide bonds. The Morgan fingerprint density at radius 1 is 0.636 bits per heavy atom. The summed E-state index contributed by atoms with van der Waals surface area (Å²) in [7, 11) is 1.35. The first kappa shape index (κ1) is 26.9. The zero-order valence-electron chi connectivity index (χ0n) is 23.9. The highest BCUT2D eigenvalue weighted by Gasteiger charge is 2.24. The van der Waals surface area contributed by atoms with Crippen LogP contribution in [-0.4, -0.2) is 48.2 Å². The highest BCUT2D eigenvalue weighted by Crippen LogP contribution is 2.28. The molecule has 0 saturated carbocycles. The maximum Gasteiger partial charge on any atom is 0.352 e. The first-order valence-corrected chi connectivity index (χ1v) is 13.9. The molecule has 14 nitrogen and oxygen atoms in total. The lowest BCUT2D eigenvalue weighted by Gasteiger charge is -2.19. The van der Waals surface area contributed by atoms with Gasteiger partial charge in [0.2, 0.25) is 0 Å². The third-order valence-corrected chi connectivity index (χ3v) is 7.62. The smallest absolute Gasteiger partial charge is 0.323 e. The van der Waals surface area contributed by atoms with Crippen molar-refractivity contribution in [1.82, 2.24) is 48.2 Å². The van der Waals surface area contributed by atoms with Gasteiger partial charge in [-0.05, 0) is 50.2 Å². The number of hydrogen-bond donors (Lipinski definition) is 0. The van der Waals surface area contributed by atoms with E-state index in [1.54, 1.807) is 51.7 Å². The van der Waals surface area contributed by atoms with Gasteiger partial charge in [0.1, 0.15) is 0 Å². The Balaban J connectivity index is 1.45. The molecule has 2 aromatic heterocycles. The molecular weight excluding hydrogens is 564 g/mol. The van der Waals surface area contributed by atoms with Gasteiger partial charge in [0.15, 0.2) is 23.0 Å². The van der Waals surface area contributed by atoms with Crippen LogP contribution in [0, 0.1) is 0 Å². The van der Waals surface area contributed by atoms with E-state index in [4.69, 9.17) is 0 Å². The molecule has 0 unspecified atom stereocenters. The van der Waals surface area contributed by atoms with Crippen molar-refractivity contribution in [2.24, 2.45) is 7.05 Å². The van der Waals surface area contributed by atoms with Crippen molar-refractivity contribution in [3.05, 3.63) is 102 Å². The van der Waals surface area contributed by atoms with E-state index in [0.717, 1.165) is 9.13 Å². The molecule has 0 aliphatic carbocycles. The van der Waals surface area contributed by atoms with E-state index in [2.05, 4.69) is 29.9 Å². The van der Waals surface area contributed by atoms with Gasteiger partial charge in [-0.2, -0.15) is 9.97 Å². The fourth-order valence-corrected chi connectivity index (χ4v) is 5.45. The number of rotatable bonds is 5. The quantitative estimate of drug-likeness (QED) is 0.269. The average molecular weight is 589 g/mol. The molecule has 4 aliphatic rings. The fraction of sp³-hybridized carbons (Fsp3) is 0.200. The van der Waals surface area contributed by atoms with E-state index in [9.17, 15) is 19.2 Å². The molecule has 1 aromatic carbocycles. The monoisotopic (exact) mass is 588 g/mol. The topological polar surface area (TPSA) is 165 Å². The van der Waals surface area contributed by atoms with Crippen LogP contribution >= 0.6 is 0 Å². The van der Waals surface area contributed by atoms with Gasteiger partial charge in [0.05, 0.1) is 45.7 Å². The van der Waals surface area contributed by atoms with Gasteiger partial charge >= 0.3 is 11.4 Å². The number of hydrogen-bond acceptors (Lipinski definition) is 10. The Morgan fingerprint density at radius 3 is 1.86 bits per heavy atom. The second-order valence-electron chi connectivity index (χ2n) is 10.2. The van der Waals surface area contributed by atoms with E-state index in [1.165, 1.54) is 7.05 Å². The summed E-state index contributed by atoms with van der Waals surface area (Å²) in [5.74, 6) is 0.301. The van der Waals surface area contributed by atoms with Crippen LogP contribution in [0.15, 0.2) is 73.9 Å². The van der Waals surface area contributed by atoms with Crippen LogP contribution in [0.4, 0.5) is 0 Å². The largest absolute Gasteiger partial charge is 0.352 e. The third kappa shape index (κ3) is 4.10. The van der Waals surface area contributed by atoms with Gasteiger partial charge in [0, 0.05) is 26.3 Å².